The molecule has 1 aliphatic rings. The molecule has 0 atom stereocenters. The van der Waals surface area contributed by atoms with Crippen LogP contribution in [0.1, 0.15) is 16.1 Å². The quantitative estimate of drug-likeness (QED) is 0.834. The third kappa shape index (κ3) is 4.64. The summed E-state index contributed by atoms with van der Waals surface area (Å²) in [7, 11) is 1.53. The van der Waals surface area contributed by atoms with Crippen molar-refractivity contribution in [2.24, 2.45) is 0 Å². The van der Waals surface area contributed by atoms with Crippen molar-refractivity contribution in [2.75, 3.05) is 39.8 Å². The summed E-state index contributed by atoms with van der Waals surface area (Å²) in [6, 6.07) is 11.8. The minimum absolute atomic E-state index is 0.0693. The Morgan fingerprint density at radius 3 is 2.64 bits per heavy atom. The first-order valence-corrected chi connectivity index (χ1v) is 8.35. The topological polar surface area (TPSA) is 58.6 Å². The van der Waals surface area contributed by atoms with Gasteiger partial charge in [0.1, 0.15) is 12.0 Å². The Morgan fingerprint density at radius 1 is 1.16 bits per heavy atom. The molecule has 2 aromatic rings. The molecule has 3 rings (SSSR count). The van der Waals surface area contributed by atoms with E-state index < -0.39 is 0 Å². The standard InChI is InChI=1S/C19H22N4O2/c1-25-18-14-17(20-15-21-18)19(24)23-12-10-22(11-13-23)9-5-8-16-6-3-2-4-7-16/h2-8,14-15H,9-13H2,1H3/b8-5+. The van der Waals surface area contributed by atoms with Gasteiger partial charge in [0.25, 0.3) is 5.91 Å². The van der Waals surface area contributed by atoms with Crippen LogP contribution in [-0.2, 0) is 0 Å². The van der Waals surface area contributed by atoms with Gasteiger partial charge in [0.2, 0.25) is 5.88 Å². The van der Waals surface area contributed by atoms with Crippen LogP contribution >= 0.6 is 0 Å². The number of carbonyl (C=O) groups is 1. The molecule has 6 heteroatoms. The summed E-state index contributed by atoms with van der Waals surface area (Å²) >= 11 is 0. The van der Waals surface area contributed by atoms with Crippen molar-refractivity contribution in [1.82, 2.24) is 19.8 Å². The smallest absolute Gasteiger partial charge is 0.272 e. The fourth-order valence-electron chi connectivity index (χ4n) is 2.77. The molecule has 2 heterocycles. The van der Waals surface area contributed by atoms with Gasteiger partial charge in [0, 0.05) is 38.8 Å². The molecule has 1 aromatic heterocycles. The zero-order valence-electron chi connectivity index (χ0n) is 14.3. The second-order valence-corrected chi connectivity index (χ2v) is 5.85. The van der Waals surface area contributed by atoms with Crippen LogP contribution in [0.3, 0.4) is 0 Å². The van der Waals surface area contributed by atoms with E-state index in [1.165, 1.54) is 19.0 Å². The van der Waals surface area contributed by atoms with E-state index in [0.29, 0.717) is 24.7 Å². The molecule has 1 aromatic carbocycles. The SMILES string of the molecule is COc1cc(C(=O)N2CCN(C/C=C/c3ccccc3)CC2)ncn1. The highest BCUT2D eigenvalue weighted by molar-refractivity contribution is 5.92. The number of rotatable bonds is 5. The van der Waals surface area contributed by atoms with Crippen LogP contribution in [0.2, 0.25) is 0 Å². The molecule has 0 unspecified atom stereocenters. The maximum absolute atomic E-state index is 12.5. The van der Waals surface area contributed by atoms with Gasteiger partial charge in [-0.05, 0) is 5.56 Å². The van der Waals surface area contributed by atoms with Crippen LogP contribution in [-0.4, -0.2) is 65.5 Å². The number of hydrogen-bond donors (Lipinski definition) is 0. The molecule has 0 spiro atoms. The molecule has 130 valence electrons. The number of methoxy groups -OCH3 is 1. The lowest BCUT2D eigenvalue weighted by molar-refractivity contribution is 0.0643. The van der Waals surface area contributed by atoms with Crippen molar-refractivity contribution in [3.8, 4) is 5.88 Å². The van der Waals surface area contributed by atoms with Crippen LogP contribution < -0.4 is 4.74 Å². The summed E-state index contributed by atoms with van der Waals surface area (Å²) < 4.78 is 5.05. The number of ether oxygens (including phenoxy) is 1. The molecular weight excluding hydrogens is 316 g/mol. The largest absolute Gasteiger partial charge is 0.481 e. The highest BCUT2D eigenvalue weighted by Crippen LogP contribution is 2.11. The molecule has 6 nitrogen and oxygen atoms in total. The number of piperazine rings is 1. The molecule has 0 saturated carbocycles. The first kappa shape index (κ1) is 17.1. The maximum Gasteiger partial charge on any atom is 0.272 e. The van der Waals surface area contributed by atoms with Crippen molar-refractivity contribution in [3.05, 3.63) is 60.1 Å². The predicted molar refractivity (Wildman–Crippen MR) is 96.4 cm³/mol. The van der Waals surface area contributed by atoms with Crippen molar-refractivity contribution >= 4 is 12.0 Å². The molecule has 0 N–H and O–H groups in total. The normalized spacial score (nSPS) is 15.5. The number of carbonyl (C=O) groups excluding carboxylic acids is 1. The second-order valence-electron chi connectivity index (χ2n) is 5.85. The minimum Gasteiger partial charge on any atom is -0.481 e. The molecule has 0 radical (unpaired) electrons. The Morgan fingerprint density at radius 2 is 1.92 bits per heavy atom. The molecule has 25 heavy (non-hydrogen) atoms. The summed E-state index contributed by atoms with van der Waals surface area (Å²) in [4.78, 5) is 24.7. The van der Waals surface area contributed by atoms with Gasteiger partial charge in [-0.2, -0.15) is 0 Å². The first-order chi connectivity index (χ1) is 12.3. The number of benzene rings is 1. The predicted octanol–water partition coefficient (Wildman–Crippen LogP) is 1.96. The van der Waals surface area contributed by atoms with E-state index in [9.17, 15) is 4.79 Å². The molecule has 1 aliphatic heterocycles. The Kier molecular flexibility index (Phi) is 5.74. The van der Waals surface area contributed by atoms with Crippen molar-refractivity contribution < 1.29 is 9.53 Å². The zero-order chi connectivity index (χ0) is 17.5. The van der Waals surface area contributed by atoms with Gasteiger partial charge in [0.05, 0.1) is 7.11 Å². The van der Waals surface area contributed by atoms with Crippen LogP contribution in [0.5, 0.6) is 5.88 Å². The van der Waals surface area contributed by atoms with Crippen LogP contribution in [0.4, 0.5) is 0 Å². The van der Waals surface area contributed by atoms with E-state index in [4.69, 9.17) is 4.74 Å². The van der Waals surface area contributed by atoms with Crippen LogP contribution in [0.15, 0.2) is 48.8 Å². The van der Waals surface area contributed by atoms with Gasteiger partial charge in [-0.1, -0.05) is 42.5 Å². The summed E-state index contributed by atoms with van der Waals surface area (Å²) in [5, 5.41) is 0. The zero-order valence-corrected chi connectivity index (χ0v) is 14.3. The van der Waals surface area contributed by atoms with Crippen molar-refractivity contribution in [2.45, 2.75) is 0 Å². The number of hydrogen-bond acceptors (Lipinski definition) is 5. The van der Waals surface area contributed by atoms with Gasteiger partial charge in [-0.15, -0.1) is 0 Å². The molecule has 1 saturated heterocycles. The molecular formula is C19H22N4O2. The third-order valence-electron chi connectivity index (χ3n) is 4.20. The van der Waals surface area contributed by atoms with Gasteiger partial charge in [-0.25, -0.2) is 9.97 Å². The van der Waals surface area contributed by atoms with E-state index in [1.54, 1.807) is 6.07 Å². The Hall–Kier alpha value is -2.73. The van der Waals surface area contributed by atoms with Gasteiger partial charge < -0.3 is 9.64 Å². The lowest BCUT2D eigenvalue weighted by atomic mass is 10.2. The summed E-state index contributed by atoms with van der Waals surface area (Å²) in [6.07, 6.45) is 5.66. The van der Waals surface area contributed by atoms with Crippen LogP contribution in [0.25, 0.3) is 6.08 Å². The van der Waals surface area contributed by atoms with E-state index in [0.717, 1.165) is 19.6 Å². The lowest BCUT2D eigenvalue weighted by Gasteiger charge is -2.34. The van der Waals surface area contributed by atoms with Gasteiger partial charge in [0.15, 0.2) is 0 Å². The van der Waals surface area contributed by atoms with E-state index in [2.05, 4.69) is 39.2 Å². The number of amides is 1. The van der Waals surface area contributed by atoms with Gasteiger partial charge >= 0.3 is 0 Å². The molecule has 1 amide bonds. The Bertz CT molecular complexity index is 725. The highest BCUT2D eigenvalue weighted by atomic mass is 16.5. The monoisotopic (exact) mass is 338 g/mol. The van der Waals surface area contributed by atoms with Crippen molar-refractivity contribution in [3.63, 3.8) is 0 Å². The fraction of sp³-hybridized carbons (Fsp3) is 0.316. The Labute approximate surface area is 147 Å². The van der Waals surface area contributed by atoms with Crippen molar-refractivity contribution in [1.29, 1.82) is 0 Å². The highest BCUT2D eigenvalue weighted by Gasteiger charge is 2.22. The Balaban J connectivity index is 1.49. The van der Waals surface area contributed by atoms with E-state index in [1.807, 2.05) is 23.1 Å². The van der Waals surface area contributed by atoms with Crippen LogP contribution in [0, 0.1) is 0 Å². The lowest BCUT2D eigenvalue weighted by Crippen LogP contribution is -2.48. The average Bonchev–Trinajstić information content (AvgIpc) is 2.69. The van der Waals surface area contributed by atoms with E-state index in [-0.39, 0.29) is 5.91 Å². The number of aromatic nitrogens is 2. The average molecular weight is 338 g/mol. The molecule has 0 bridgehead atoms. The van der Waals surface area contributed by atoms with E-state index >= 15 is 0 Å². The summed E-state index contributed by atoms with van der Waals surface area (Å²) in [5.74, 6) is 0.336. The molecule has 0 aliphatic carbocycles. The maximum atomic E-state index is 12.5. The number of nitrogens with zero attached hydrogens (tertiary/aromatic N) is 4. The second kappa shape index (κ2) is 8.39. The summed E-state index contributed by atoms with van der Waals surface area (Å²) in [5.41, 5.74) is 1.58. The third-order valence-corrected chi connectivity index (χ3v) is 4.20. The molecule has 1 fully saturated rings. The fourth-order valence-corrected chi connectivity index (χ4v) is 2.77. The van der Waals surface area contributed by atoms with Gasteiger partial charge in [-0.3, -0.25) is 9.69 Å². The minimum atomic E-state index is -0.0693. The summed E-state index contributed by atoms with van der Waals surface area (Å²) in [6.45, 7) is 3.99. The first-order valence-electron chi connectivity index (χ1n) is 8.35.